The summed E-state index contributed by atoms with van der Waals surface area (Å²) in [7, 11) is 0. The summed E-state index contributed by atoms with van der Waals surface area (Å²) >= 11 is 3.45. The van der Waals surface area contributed by atoms with Gasteiger partial charge in [0.25, 0.3) is 5.91 Å². The van der Waals surface area contributed by atoms with Gasteiger partial charge in [0.1, 0.15) is 18.1 Å². The van der Waals surface area contributed by atoms with Crippen LogP contribution in [0.25, 0.3) is 11.8 Å². The van der Waals surface area contributed by atoms with E-state index in [4.69, 9.17) is 4.74 Å². The van der Waals surface area contributed by atoms with Gasteiger partial charge in [-0.05, 0) is 79.1 Å². The second kappa shape index (κ2) is 10.5. The van der Waals surface area contributed by atoms with Crippen LogP contribution in [0.15, 0.2) is 95.1 Å². The molecule has 0 aliphatic carbocycles. The Balaban J connectivity index is 1.31. The lowest BCUT2D eigenvalue weighted by Gasteiger charge is -2.12. The van der Waals surface area contributed by atoms with Gasteiger partial charge in [0.15, 0.2) is 0 Å². The predicted octanol–water partition coefficient (Wildman–Crippen LogP) is 6.53. The largest absolute Gasteiger partial charge is 0.489 e. The van der Waals surface area contributed by atoms with Crippen molar-refractivity contribution in [2.75, 3.05) is 0 Å². The first-order valence-corrected chi connectivity index (χ1v) is 12.7. The highest BCUT2D eigenvalue weighted by Crippen LogP contribution is 2.26. The van der Waals surface area contributed by atoms with Crippen LogP contribution in [0.3, 0.4) is 0 Å². The lowest BCUT2D eigenvalue weighted by Crippen LogP contribution is -2.30. The number of halogens is 1. The van der Waals surface area contributed by atoms with Crippen molar-refractivity contribution in [3.63, 3.8) is 0 Å². The molecule has 37 heavy (non-hydrogen) atoms. The number of aryl methyl sites for hydroxylation is 1. The van der Waals surface area contributed by atoms with Gasteiger partial charge in [0, 0.05) is 21.5 Å². The van der Waals surface area contributed by atoms with Gasteiger partial charge in [-0.2, -0.15) is 0 Å². The third-order valence-corrected chi connectivity index (χ3v) is 6.86. The lowest BCUT2D eigenvalue weighted by atomic mass is 10.2. The molecule has 1 aliphatic rings. The number of benzene rings is 3. The average Bonchev–Trinajstić information content (AvgIpc) is 3.33. The van der Waals surface area contributed by atoms with Crippen LogP contribution in [0.5, 0.6) is 5.75 Å². The Labute approximate surface area is 224 Å². The number of urea groups is 1. The topological polar surface area (TPSA) is 63.6 Å². The number of nitrogens with zero attached hydrogens (tertiary/aromatic N) is 2. The van der Waals surface area contributed by atoms with Crippen LogP contribution in [0.4, 0.5) is 4.79 Å². The summed E-state index contributed by atoms with van der Waals surface area (Å²) in [5, 5.41) is 2.73. The fraction of sp³-hybridized carbons (Fsp3) is 0.133. The van der Waals surface area contributed by atoms with E-state index >= 15 is 0 Å². The Morgan fingerprint density at radius 2 is 1.59 bits per heavy atom. The molecule has 0 bridgehead atoms. The molecule has 3 amide bonds. The molecule has 1 aliphatic heterocycles. The van der Waals surface area contributed by atoms with Crippen molar-refractivity contribution in [1.29, 1.82) is 0 Å². The van der Waals surface area contributed by atoms with E-state index in [1.54, 1.807) is 6.08 Å². The lowest BCUT2D eigenvalue weighted by molar-refractivity contribution is -0.123. The van der Waals surface area contributed by atoms with Crippen LogP contribution in [-0.2, 0) is 17.9 Å². The van der Waals surface area contributed by atoms with E-state index < -0.39 is 6.03 Å². The van der Waals surface area contributed by atoms with Crippen molar-refractivity contribution in [2.24, 2.45) is 0 Å². The van der Waals surface area contributed by atoms with E-state index in [-0.39, 0.29) is 18.1 Å². The highest BCUT2D eigenvalue weighted by Gasteiger charge is 2.33. The van der Waals surface area contributed by atoms with E-state index in [1.165, 1.54) is 4.90 Å². The van der Waals surface area contributed by atoms with Gasteiger partial charge >= 0.3 is 6.03 Å². The average molecular weight is 556 g/mol. The van der Waals surface area contributed by atoms with Crippen molar-refractivity contribution in [3.8, 4) is 11.4 Å². The van der Waals surface area contributed by atoms with E-state index in [1.807, 2.05) is 98.8 Å². The highest BCUT2D eigenvalue weighted by molar-refractivity contribution is 9.10. The van der Waals surface area contributed by atoms with Crippen molar-refractivity contribution in [3.05, 3.63) is 123 Å². The summed E-state index contributed by atoms with van der Waals surface area (Å²) in [5.41, 5.74) is 6.12. The summed E-state index contributed by atoms with van der Waals surface area (Å²) < 4.78 is 9.09. The SMILES string of the molecule is Cc1cc(/C=C2/NC(=O)N(Cc3ccccc3)C2=O)c(C)n1-c1ccc(OCc2ccc(Br)cc2)cc1. The second-order valence-corrected chi connectivity index (χ2v) is 9.85. The van der Waals surface area contributed by atoms with E-state index in [0.717, 1.165) is 44.0 Å². The number of hydrogen-bond acceptors (Lipinski definition) is 3. The molecule has 7 heteroatoms. The number of amides is 3. The van der Waals surface area contributed by atoms with Gasteiger partial charge in [0.2, 0.25) is 0 Å². The normalized spacial score (nSPS) is 14.4. The van der Waals surface area contributed by atoms with Gasteiger partial charge in [-0.25, -0.2) is 4.79 Å². The van der Waals surface area contributed by atoms with E-state index in [2.05, 4.69) is 25.8 Å². The molecular weight excluding hydrogens is 530 g/mol. The Morgan fingerprint density at radius 1 is 0.892 bits per heavy atom. The quantitative estimate of drug-likeness (QED) is 0.208. The maximum absolute atomic E-state index is 13.0. The van der Waals surface area contributed by atoms with Crippen LogP contribution in [0, 0.1) is 13.8 Å². The number of carbonyl (C=O) groups is 2. The first-order valence-electron chi connectivity index (χ1n) is 11.9. The molecule has 0 unspecified atom stereocenters. The van der Waals surface area contributed by atoms with Crippen molar-refractivity contribution < 1.29 is 14.3 Å². The maximum Gasteiger partial charge on any atom is 0.329 e. The molecule has 0 atom stereocenters. The number of imide groups is 1. The number of rotatable bonds is 7. The summed E-state index contributed by atoms with van der Waals surface area (Å²) in [6, 6.07) is 27.1. The van der Waals surface area contributed by atoms with Crippen LogP contribution >= 0.6 is 15.9 Å². The smallest absolute Gasteiger partial charge is 0.329 e. The summed E-state index contributed by atoms with van der Waals surface area (Å²) in [4.78, 5) is 26.7. The monoisotopic (exact) mass is 555 g/mol. The van der Waals surface area contributed by atoms with Gasteiger partial charge in [-0.1, -0.05) is 58.4 Å². The third-order valence-electron chi connectivity index (χ3n) is 6.33. The molecular formula is C30H26BrN3O3. The zero-order valence-corrected chi connectivity index (χ0v) is 22.2. The second-order valence-electron chi connectivity index (χ2n) is 8.94. The van der Waals surface area contributed by atoms with Crippen molar-refractivity contribution >= 4 is 33.9 Å². The minimum Gasteiger partial charge on any atom is -0.489 e. The summed E-state index contributed by atoms with van der Waals surface area (Å²) in [6.07, 6.45) is 1.75. The number of nitrogens with one attached hydrogen (secondary N) is 1. The van der Waals surface area contributed by atoms with Gasteiger partial charge in [-0.15, -0.1) is 0 Å². The van der Waals surface area contributed by atoms with Crippen molar-refractivity contribution in [1.82, 2.24) is 14.8 Å². The zero-order valence-electron chi connectivity index (χ0n) is 20.6. The minimum atomic E-state index is -0.410. The zero-order chi connectivity index (χ0) is 25.9. The van der Waals surface area contributed by atoms with Crippen LogP contribution in [-0.4, -0.2) is 21.4 Å². The van der Waals surface area contributed by atoms with Gasteiger partial charge < -0.3 is 14.6 Å². The Hall–Kier alpha value is -4.10. The molecule has 6 nitrogen and oxygen atoms in total. The fourth-order valence-electron chi connectivity index (χ4n) is 4.41. The molecule has 4 aromatic rings. The molecule has 1 N–H and O–H groups in total. The van der Waals surface area contributed by atoms with Crippen LogP contribution in [0.2, 0.25) is 0 Å². The molecule has 2 heterocycles. The molecule has 5 rings (SSSR count). The Morgan fingerprint density at radius 3 is 2.30 bits per heavy atom. The molecule has 0 saturated carbocycles. The standard InChI is InChI=1S/C30H26BrN3O3/c1-20-16-24(17-28-29(35)33(30(36)32-28)18-22-6-4-3-5-7-22)21(2)34(20)26-12-14-27(15-13-26)37-19-23-8-10-25(31)11-9-23/h3-17H,18-19H2,1-2H3,(H,32,36)/b28-17+. The number of ether oxygens (including phenoxy) is 1. The van der Waals surface area contributed by atoms with E-state index in [0.29, 0.717) is 6.61 Å². The minimum absolute atomic E-state index is 0.234. The molecule has 3 aromatic carbocycles. The molecule has 0 radical (unpaired) electrons. The van der Waals surface area contributed by atoms with Gasteiger partial charge in [-0.3, -0.25) is 9.69 Å². The molecule has 186 valence electrons. The number of hydrogen-bond donors (Lipinski definition) is 1. The third kappa shape index (κ3) is 5.37. The highest BCUT2D eigenvalue weighted by atomic mass is 79.9. The van der Waals surface area contributed by atoms with E-state index in [9.17, 15) is 9.59 Å². The Bertz CT molecular complexity index is 1470. The predicted molar refractivity (Wildman–Crippen MR) is 147 cm³/mol. The van der Waals surface area contributed by atoms with Crippen LogP contribution in [0.1, 0.15) is 28.1 Å². The van der Waals surface area contributed by atoms with Crippen LogP contribution < -0.4 is 10.1 Å². The van der Waals surface area contributed by atoms with Crippen molar-refractivity contribution in [2.45, 2.75) is 27.0 Å². The maximum atomic E-state index is 13.0. The molecule has 1 fully saturated rings. The number of carbonyl (C=O) groups excluding carboxylic acids is 2. The molecule has 0 spiro atoms. The Kier molecular flexibility index (Phi) is 6.97. The summed E-state index contributed by atoms with van der Waals surface area (Å²) in [6.45, 7) is 4.75. The first kappa shape index (κ1) is 24.6. The molecule has 1 aromatic heterocycles. The fourth-order valence-corrected chi connectivity index (χ4v) is 4.67. The first-order chi connectivity index (χ1) is 17.9. The summed E-state index contributed by atoms with van der Waals surface area (Å²) in [5.74, 6) is 0.458. The number of aromatic nitrogens is 1. The molecule has 1 saturated heterocycles. The van der Waals surface area contributed by atoms with Gasteiger partial charge in [0.05, 0.1) is 6.54 Å².